The highest BCUT2D eigenvalue weighted by Gasteiger charge is 2.35. The number of halogens is 4. The first-order valence-electron chi connectivity index (χ1n) is 11.8. The fourth-order valence-corrected chi connectivity index (χ4v) is 5.89. The van der Waals surface area contributed by atoms with Crippen LogP contribution < -0.4 is 19.4 Å². The summed E-state index contributed by atoms with van der Waals surface area (Å²) in [5.41, 5.74) is -1.76. The summed E-state index contributed by atoms with van der Waals surface area (Å²) in [7, 11) is -3.05. The van der Waals surface area contributed by atoms with E-state index in [0.29, 0.717) is 16.8 Å². The summed E-state index contributed by atoms with van der Waals surface area (Å²) < 4.78 is 77.7. The summed E-state index contributed by atoms with van der Waals surface area (Å²) in [6, 6.07) is 8.47. The molecule has 208 valence electrons. The molecular weight excluding hydrogens is 573 g/mol. The van der Waals surface area contributed by atoms with Crippen LogP contribution in [-0.2, 0) is 16.4 Å². The third-order valence-electron chi connectivity index (χ3n) is 6.21. The molecule has 0 fully saturated rings. The minimum Gasteiger partial charge on any atom is -0.490 e. The number of hydrogen-bond acceptors (Lipinski definition) is 7. The number of benzene rings is 1. The molecule has 0 saturated heterocycles. The highest BCUT2D eigenvalue weighted by atomic mass is 35.5. The van der Waals surface area contributed by atoms with E-state index in [9.17, 15) is 26.4 Å². The predicted octanol–water partition coefficient (Wildman–Crippen LogP) is 4.29. The van der Waals surface area contributed by atoms with Crippen LogP contribution in [0.15, 0.2) is 59.9 Å². The Balaban J connectivity index is 1.39. The molecule has 14 heteroatoms. The number of carbonyl (C=O) groups is 1. The first kappa shape index (κ1) is 27.6. The third-order valence-corrected chi connectivity index (χ3v) is 8.32. The van der Waals surface area contributed by atoms with E-state index in [2.05, 4.69) is 15.3 Å². The maximum atomic E-state index is 14.2. The number of fused-ring (bicyclic) bond motifs is 2. The minimum absolute atomic E-state index is 0.0228. The van der Waals surface area contributed by atoms with Crippen molar-refractivity contribution in [2.45, 2.75) is 29.8 Å². The van der Waals surface area contributed by atoms with Crippen molar-refractivity contribution >= 4 is 38.1 Å². The van der Waals surface area contributed by atoms with Gasteiger partial charge in [-0.2, -0.15) is 4.57 Å². The average molecular weight is 594 g/mol. The Hall–Kier alpha value is -3.97. The maximum absolute atomic E-state index is 14.2. The van der Waals surface area contributed by atoms with Gasteiger partial charge in [0.25, 0.3) is 23.9 Å². The molecule has 1 aliphatic heterocycles. The van der Waals surface area contributed by atoms with E-state index in [0.717, 1.165) is 11.5 Å². The SMILES string of the molecule is COc1nc(C(F)F)ccc1-[n+]1ccc2cnc(CNC(=O)c3cc(Cl)c4c(c3)S(=O)(=O)[C@@H](F)CCO4)cc2c1. The number of amides is 1. The summed E-state index contributed by atoms with van der Waals surface area (Å²) in [5.74, 6) is -0.812. The van der Waals surface area contributed by atoms with Crippen molar-refractivity contribution in [3.63, 3.8) is 0 Å². The zero-order chi connectivity index (χ0) is 28.6. The zero-order valence-corrected chi connectivity index (χ0v) is 22.3. The minimum atomic E-state index is -4.39. The van der Waals surface area contributed by atoms with E-state index < -0.39 is 38.3 Å². The molecule has 1 amide bonds. The Bertz CT molecular complexity index is 1740. The lowest BCUT2D eigenvalue weighted by atomic mass is 10.1. The molecule has 1 atom stereocenters. The van der Waals surface area contributed by atoms with Gasteiger partial charge in [0.05, 0.1) is 31.0 Å². The molecule has 0 spiro atoms. The molecule has 0 radical (unpaired) electrons. The van der Waals surface area contributed by atoms with Crippen molar-refractivity contribution < 1.29 is 40.4 Å². The molecule has 40 heavy (non-hydrogen) atoms. The van der Waals surface area contributed by atoms with Crippen LogP contribution in [-0.4, -0.2) is 43.5 Å². The van der Waals surface area contributed by atoms with Crippen LogP contribution >= 0.6 is 11.6 Å². The molecule has 9 nitrogen and oxygen atoms in total. The lowest BCUT2D eigenvalue weighted by Crippen LogP contribution is -2.30. The number of nitrogens with zero attached hydrogens (tertiary/aromatic N) is 3. The molecule has 4 aromatic rings. The molecule has 0 unspecified atom stereocenters. The fraction of sp³-hybridized carbons (Fsp3) is 0.231. The van der Waals surface area contributed by atoms with Crippen LogP contribution in [0.3, 0.4) is 0 Å². The highest BCUT2D eigenvalue weighted by Crippen LogP contribution is 2.38. The number of rotatable bonds is 6. The van der Waals surface area contributed by atoms with E-state index in [1.165, 1.54) is 25.3 Å². The van der Waals surface area contributed by atoms with E-state index in [-0.39, 0.29) is 41.8 Å². The van der Waals surface area contributed by atoms with Crippen molar-refractivity contribution in [3.05, 3.63) is 77.0 Å². The summed E-state index contributed by atoms with van der Waals surface area (Å²) in [6.45, 7) is -0.197. The van der Waals surface area contributed by atoms with Crippen molar-refractivity contribution in [2.75, 3.05) is 13.7 Å². The third kappa shape index (κ3) is 5.26. The molecule has 5 rings (SSSR count). The lowest BCUT2D eigenvalue weighted by molar-refractivity contribution is -0.594. The van der Waals surface area contributed by atoms with Gasteiger partial charge >= 0.3 is 0 Å². The van der Waals surface area contributed by atoms with E-state index in [1.54, 1.807) is 35.3 Å². The van der Waals surface area contributed by atoms with Crippen molar-refractivity contribution in [1.29, 1.82) is 0 Å². The number of nitrogens with one attached hydrogen (secondary N) is 1. The number of pyridine rings is 3. The van der Waals surface area contributed by atoms with Gasteiger partial charge in [-0.25, -0.2) is 26.6 Å². The van der Waals surface area contributed by atoms with Crippen LogP contribution in [0.25, 0.3) is 16.5 Å². The largest absolute Gasteiger partial charge is 0.490 e. The predicted molar refractivity (Wildman–Crippen MR) is 137 cm³/mol. The van der Waals surface area contributed by atoms with Crippen molar-refractivity contribution in [3.8, 4) is 17.3 Å². The smallest absolute Gasteiger partial charge is 0.288 e. The number of hydrogen-bond donors (Lipinski definition) is 1. The normalized spacial score (nSPS) is 16.2. The standard InChI is InChI=1S/C26H20ClF3N4O5S/c1-38-26-20(3-2-19(33-26)24(29)30)34-6-4-14-11-31-17(8-16(14)13-34)12-32-25(35)15-9-18(27)23-21(10-15)40(36,37)22(28)5-7-39-23/h2-4,6,8-11,13,22,24H,5,7,12H2,1H3/p+1/t22-/m1/s1. The second-order valence-electron chi connectivity index (χ2n) is 8.78. The Morgan fingerprint density at radius 1 is 1.25 bits per heavy atom. The lowest BCUT2D eigenvalue weighted by Gasteiger charge is -2.12. The van der Waals surface area contributed by atoms with Gasteiger partial charge in [0.1, 0.15) is 10.6 Å². The summed E-state index contributed by atoms with van der Waals surface area (Å²) in [6.07, 6.45) is 1.94. The molecule has 1 N–H and O–H groups in total. The monoisotopic (exact) mass is 593 g/mol. The molecule has 0 aliphatic carbocycles. The number of aromatic nitrogens is 3. The van der Waals surface area contributed by atoms with Crippen molar-refractivity contribution in [2.24, 2.45) is 0 Å². The average Bonchev–Trinajstić information content (AvgIpc) is 3.06. The second kappa shape index (κ2) is 10.9. The van der Waals surface area contributed by atoms with E-state index in [4.69, 9.17) is 21.1 Å². The van der Waals surface area contributed by atoms with Crippen LogP contribution in [0.2, 0.25) is 5.02 Å². The fourth-order valence-electron chi connectivity index (χ4n) is 4.16. The number of sulfone groups is 1. The van der Waals surface area contributed by atoms with Crippen LogP contribution in [0.4, 0.5) is 13.2 Å². The molecular formula is C26H21ClF3N4O5S+. The van der Waals surface area contributed by atoms with E-state index >= 15 is 0 Å². The summed E-state index contributed by atoms with van der Waals surface area (Å²) >= 11 is 6.18. The van der Waals surface area contributed by atoms with Crippen LogP contribution in [0.1, 0.15) is 34.6 Å². The Labute approximate surface area is 231 Å². The highest BCUT2D eigenvalue weighted by molar-refractivity contribution is 7.92. The molecule has 1 aromatic carbocycles. The number of methoxy groups -OCH3 is 1. The van der Waals surface area contributed by atoms with Gasteiger partial charge < -0.3 is 14.8 Å². The van der Waals surface area contributed by atoms with E-state index in [1.807, 2.05) is 0 Å². The maximum Gasteiger partial charge on any atom is 0.288 e. The zero-order valence-electron chi connectivity index (χ0n) is 20.8. The second-order valence-corrected chi connectivity index (χ2v) is 11.2. The van der Waals surface area contributed by atoms with Gasteiger partial charge in [0.15, 0.2) is 18.1 Å². The molecule has 1 aliphatic rings. The topological polar surface area (TPSA) is 111 Å². The molecule has 0 bridgehead atoms. The number of alkyl halides is 3. The van der Waals surface area contributed by atoms with Gasteiger partial charge in [-0.3, -0.25) is 9.78 Å². The van der Waals surface area contributed by atoms with Crippen molar-refractivity contribution in [1.82, 2.24) is 15.3 Å². The van der Waals surface area contributed by atoms with Gasteiger partial charge in [-0.05, 0) is 24.3 Å². The Morgan fingerprint density at radius 2 is 2.05 bits per heavy atom. The Kier molecular flexibility index (Phi) is 7.51. The van der Waals surface area contributed by atoms with Gasteiger partial charge in [-0.15, -0.1) is 0 Å². The number of carbonyl (C=O) groups excluding carboxylic acids is 1. The number of ether oxygens (including phenoxy) is 2. The summed E-state index contributed by atoms with van der Waals surface area (Å²) in [4.78, 5) is 20.6. The van der Waals surface area contributed by atoms with Crippen LogP contribution in [0.5, 0.6) is 11.6 Å². The molecule has 4 heterocycles. The molecule has 0 saturated carbocycles. The quantitative estimate of drug-likeness (QED) is 0.332. The van der Waals surface area contributed by atoms with Crippen LogP contribution in [0, 0.1) is 0 Å². The Morgan fingerprint density at radius 3 is 2.80 bits per heavy atom. The molecule has 3 aromatic heterocycles. The first-order valence-corrected chi connectivity index (χ1v) is 13.8. The first-order chi connectivity index (χ1) is 19.1. The van der Waals surface area contributed by atoms with Gasteiger partial charge in [-0.1, -0.05) is 11.6 Å². The van der Waals surface area contributed by atoms with Gasteiger partial charge in [0.2, 0.25) is 15.3 Å². The summed E-state index contributed by atoms with van der Waals surface area (Å²) in [5, 5.41) is 4.01. The van der Waals surface area contributed by atoms with Gasteiger partial charge in [0, 0.05) is 41.1 Å².